The molecule has 2 nitrogen and oxygen atoms in total. The van der Waals surface area contributed by atoms with E-state index >= 15 is 0 Å². The van der Waals surface area contributed by atoms with Crippen molar-refractivity contribution in [2.45, 2.75) is 78.4 Å². The minimum Gasteiger partial charge on any atom is -0.372 e. The molecular formula is C16H33NO. The van der Waals surface area contributed by atoms with Crippen LogP contribution >= 0.6 is 0 Å². The molecule has 1 aliphatic carbocycles. The van der Waals surface area contributed by atoms with Crippen LogP contribution in [0.25, 0.3) is 0 Å². The van der Waals surface area contributed by atoms with E-state index in [0.29, 0.717) is 6.10 Å². The lowest BCUT2D eigenvalue weighted by Crippen LogP contribution is -2.45. The van der Waals surface area contributed by atoms with E-state index in [4.69, 9.17) is 4.74 Å². The molecule has 1 atom stereocenters. The van der Waals surface area contributed by atoms with Crippen molar-refractivity contribution in [1.82, 2.24) is 5.32 Å². The van der Waals surface area contributed by atoms with E-state index in [1.165, 1.54) is 32.1 Å². The Labute approximate surface area is 114 Å². The van der Waals surface area contributed by atoms with Gasteiger partial charge in [0.25, 0.3) is 0 Å². The highest BCUT2D eigenvalue weighted by molar-refractivity contribution is 4.91. The summed E-state index contributed by atoms with van der Waals surface area (Å²) in [6, 6.07) is 0. The van der Waals surface area contributed by atoms with Gasteiger partial charge in [-0.05, 0) is 64.0 Å². The lowest BCUT2D eigenvalue weighted by atomic mass is 9.77. The van der Waals surface area contributed by atoms with Crippen LogP contribution < -0.4 is 5.32 Å². The topological polar surface area (TPSA) is 21.3 Å². The monoisotopic (exact) mass is 255 g/mol. The standard InChI is InChI=1S/C16H33NO/c1-13(2)11-15(5)18-16(7-6-8-16)9-10-17-12-14(3)4/h13-15,17H,6-12H2,1-5H3. The zero-order valence-corrected chi connectivity index (χ0v) is 13.1. The number of ether oxygens (including phenoxy) is 1. The second-order valence-corrected chi connectivity index (χ2v) is 6.94. The molecule has 1 saturated carbocycles. The van der Waals surface area contributed by atoms with Gasteiger partial charge in [0, 0.05) is 0 Å². The van der Waals surface area contributed by atoms with Crippen LogP contribution in [0.4, 0.5) is 0 Å². The van der Waals surface area contributed by atoms with Crippen molar-refractivity contribution in [2.75, 3.05) is 13.1 Å². The van der Waals surface area contributed by atoms with Gasteiger partial charge in [-0.1, -0.05) is 27.7 Å². The van der Waals surface area contributed by atoms with Crippen LogP contribution in [0.2, 0.25) is 0 Å². The molecule has 108 valence electrons. The molecule has 1 unspecified atom stereocenters. The van der Waals surface area contributed by atoms with Gasteiger partial charge in [0.2, 0.25) is 0 Å². The first kappa shape index (κ1) is 16.0. The van der Waals surface area contributed by atoms with Gasteiger partial charge in [-0.2, -0.15) is 0 Å². The van der Waals surface area contributed by atoms with E-state index in [-0.39, 0.29) is 5.60 Å². The Morgan fingerprint density at radius 3 is 2.17 bits per heavy atom. The molecule has 0 bridgehead atoms. The van der Waals surface area contributed by atoms with Crippen LogP contribution in [0.3, 0.4) is 0 Å². The zero-order valence-electron chi connectivity index (χ0n) is 13.1. The molecule has 1 fully saturated rings. The highest BCUT2D eigenvalue weighted by atomic mass is 16.5. The average Bonchev–Trinajstić information content (AvgIpc) is 2.18. The largest absolute Gasteiger partial charge is 0.372 e. The Kier molecular flexibility index (Phi) is 6.65. The number of hydrogen-bond acceptors (Lipinski definition) is 2. The van der Waals surface area contributed by atoms with E-state index in [2.05, 4.69) is 39.9 Å². The fourth-order valence-electron chi connectivity index (χ4n) is 2.84. The Hall–Kier alpha value is -0.0800. The first-order chi connectivity index (χ1) is 8.43. The summed E-state index contributed by atoms with van der Waals surface area (Å²) in [7, 11) is 0. The molecule has 0 aromatic heterocycles. The Balaban J connectivity index is 2.25. The van der Waals surface area contributed by atoms with Crippen molar-refractivity contribution in [3.05, 3.63) is 0 Å². The third kappa shape index (κ3) is 5.71. The van der Waals surface area contributed by atoms with Crippen LogP contribution in [0.1, 0.15) is 66.7 Å². The average molecular weight is 255 g/mol. The predicted octanol–water partition coefficient (Wildman–Crippen LogP) is 4.00. The van der Waals surface area contributed by atoms with Crippen LogP contribution in [0.5, 0.6) is 0 Å². The second kappa shape index (κ2) is 7.49. The summed E-state index contributed by atoms with van der Waals surface area (Å²) >= 11 is 0. The molecule has 1 N–H and O–H groups in total. The highest BCUT2D eigenvalue weighted by Crippen LogP contribution is 2.39. The van der Waals surface area contributed by atoms with Crippen molar-refractivity contribution < 1.29 is 4.74 Å². The van der Waals surface area contributed by atoms with Gasteiger partial charge < -0.3 is 10.1 Å². The van der Waals surface area contributed by atoms with Crippen LogP contribution in [0.15, 0.2) is 0 Å². The molecule has 0 heterocycles. The lowest BCUT2D eigenvalue weighted by Gasteiger charge is -2.44. The van der Waals surface area contributed by atoms with Crippen LogP contribution in [-0.2, 0) is 4.74 Å². The molecule has 0 amide bonds. The third-order valence-electron chi connectivity index (χ3n) is 3.83. The molecule has 0 radical (unpaired) electrons. The smallest absolute Gasteiger partial charge is 0.0698 e. The first-order valence-corrected chi connectivity index (χ1v) is 7.82. The van der Waals surface area contributed by atoms with Gasteiger partial charge in [-0.3, -0.25) is 0 Å². The van der Waals surface area contributed by atoms with Crippen LogP contribution in [0, 0.1) is 11.8 Å². The maximum atomic E-state index is 6.35. The molecular weight excluding hydrogens is 222 g/mol. The number of nitrogens with one attached hydrogen (secondary N) is 1. The molecule has 0 spiro atoms. The zero-order chi connectivity index (χ0) is 13.6. The maximum absolute atomic E-state index is 6.35. The summed E-state index contributed by atoms with van der Waals surface area (Å²) in [4.78, 5) is 0. The summed E-state index contributed by atoms with van der Waals surface area (Å²) in [5, 5.41) is 3.54. The fraction of sp³-hybridized carbons (Fsp3) is 1.00. The number of rotatable bonds is 9. The molecule has 0 aliphatic heterocycles. The van der Waals surface area contributed by atoms with Gasteiger partial charge >= 0.3 is 0 Å². The van der Waals surface area contributed by atoms with Gasteiger partial charge in [0.15, 0.2) is 0 Å². The summed E-state index contributed by atoms with van der Waals surface area (Å²) in [6.45, 7) is 13.5. The molecule has 1 rings (SSSR count). The van der Waals surface area contributed by atoms with E-state index in [0.717, 1.165) is 24.9 Å². The minimum absolute atomic E-state index is 0.207. The van der Waals surface area contributed by atoms with Crippen molar-refractivity contribution in [3.8, 4) is 0 Å². The quantitative estimate of drug-likeness (QED) is 0.629. The van der Waals surface area contributed by atoms with Gasteiger partial charge in [-0.15, -0.1) is 0 Å². The van der Waals surface area contributed by atoms with E-state index in [9.17, 15) is 0 Å². The maximum Gasteiger partial charge on any atom is 0.0698 e. The van der Waals surface area contributed by atoms with Crippen molar-refractivity contribution in [3.63, 3.8) is 0 Å². The van der Waals surface area contributed by atoms with Crippen molar-refractivity contribution in [1.29, 1.82) is 0 Å². The van der Waals surface area contributed by atoms with Crippen molar-refractivity contribution in [2.24, 2.45) is 11.8 Å². The Morgan fingerprint density at radius 1 is 1.06 bits per heavy atom. The summed E-state index contributed by atoms with van der Waals surface area (Å²) in [5.41, 5.74) is 0.207. The summed E-state index contributed by atoms with van der Waals surface area (Å²) in [6.07, 6.45) is 6.65. The van der Waals surface area contributed by atoms with E-state index < -0.39 is 0 Å². The Morgan fingerprint density at radius 2 is 1.72 bits per heavy atom. The van der Waals surface area contributed by atoms with E-state index in [1.54, 1.807) is 0 Å². The summed E-state index contributed by atoms with van der Waals surface area (Å²) < 4.78 is 6.35. The SMILES string of the molecule is CC(C)CNCCC1(OC(C)CC(C)C)CCC1. The second-order valence-electron chi connectivity index (χ2n) is 6.94. The van der Waals surface area contributed by atoms with E-state index in [1.807, 2.05) is 0 Å². The molecule has 0 saturated heterocycles. The van der Waals surface area contributed by atoms with Crippen molar-refractivity contribution >= 4 is 0 Å². The third-order valence-corrected chi connectivity index (χ3v) is 3.83. The molecule has 18 heavy (non-hydrogen) atoms. The van der Waals surface area contributed by atoms with Gasteiger partial charge in [0.1, 0.15) is 0 Å². The normalized spacial score (nSPS) is 20.2. The Bertz CT molecular complexity index is 221. The first-order valence-electron chi connectivity index (χ1n) is 7.82. The van der Waals surface area contributed by atoms with Gasteiger partial charge in [0.05, 0.1) is 11.7 Å². The minimum atomic E-state index is 0.207. The lowest BCUT2D eigenvalue weighted by molar-refractivity contribution is -0.141. The van der Waals surface area contributed by atoms with Gasteiger partial charge in [-0.25, -0.2) is 0 Å². The molecule has 0 aromatic rings. The molecule has 1 aliphatic rings. The summed E-state index contributed by atoms with van der Waals surface area (Å²) in [5.74, 6) is 1.47. The highest BCUT2D eigenvalue weighted by Gasteiger charge is 2.38. The van der Waals surface area contributed by atoms with Crippen LogP contribution in [-0.4, -0.2) is 24.8 Å². The molecule has 0 aromatic carbocycles. The predicted molar refractivity (Wildman–Crippen MR) is 78.9 cm³/mol. The number of hydrogen-bond donors (Lipinski definition) is 1. The molecule has 2 heteroatoms. The fourth-order valence-corrected chi connectivity index (χ4v) is 2.84.